The summed E-state index contributed by atoms with van der Waals surface area (Å²) in [5.74, 6) is 1.01. The van der Waals surface area contributed by atoms with Gasteiger partial charge in [0.05, 0.1) is 4.92 Å². The van der Waals surface area contributed by atoms with Crippen molar-refractivity contribution in [2.24, 2.45) is 18.7 Å². The largest absolute Gasteiger partial charge is 0.351 e. The molecular formula is C10H17N5O2. The molecule has 2 N–H and O–H groups in total. The average Bonchev–Trinajstić information content (AvgIpc) is 2.71. The third-order valence-electron chi connectivity index (χ3n) is 3.24. The van der Waals surface area contributed by atoms with Gasteiger partial charge in [0.15, 0.2) is 0 Å². The molecule has 1 unspecified atom stereocenters. The molecule has 1 aliphatic heterocycles. The summed E-state index contributed by atoms with van der Waals surface area (Å²) in [5.41, 5.74) is 5.75. The molecule has 0 aromatic carbocycles. The van der Waals surface area contributed by atoms with Gasteiger partial charge >= 0.3 is 5.69 Å². The lowest BCUT2D eigenvalue weighted by Gasteiger charge is -2.32. The minimum Gasteiger partial charge on any atom is -0.351 e. The van der Waals surface area contributed by atoms with Crippen molar-refractivity contribution in [3.8, 4) is 0 Å². The summed E-state index contributed by atoms with van der Waals surface area (Å²) in [6.45, 7) is 2.23. The van der Waals surface area contributed by atoms with E-state index in [1.807, 2.05) is 4.90 Å². The van der Waals surface area contributed by atoms with E-state index in [1.54, 1.807) is 11.7 Å². The number of aryl methyl sites for hydroxylation is 1. The molecule has 7 heteroatoms. The van der Waals surface area contributed by atoms with E-state index in [0.29, 0.717) is 18.3 Å². The Bertz CT molecular complexity index is 417. The highest BCUT2D eigenvalue weighted by Gasteiger charge is 2.28. The number of nitro groups is 1. The molecule has 0 bridgehead atoms. The second-order valence-electron chi connectivity index (χ2n) is 4.42. The van der Waals surface area contributed by atoms with Gasteiger partial charge in [0, 0.05) is 20.1 Å². The standard InChI is InChI=1S/C10H17N5O2/c1-13-10(9(6-12-13)15(16)17)14-4-2-3-8(5-11)7-14/h6,8H,2-5,7,11H2,1H3. The molecule has 2 heterocycles. The molecule has 1 atom stereocenters. The van der Waals surface area contributed by atoms with Crippen LogP contribution in [0.3, 0.4) is 0 Å². The molecule has 1 aliphatic rings. The Hall–Kier alpha value is -1.63. The van der Waals surface area contributed by atoms with Crippen molar-refractivity contribution >= 4 is 11.5 Å². The predicted octanol–water partition coefficient (Wildman–Crippen LogP) is 0.503. The highest BCUT2D eigenvalue weighted by molar-refractivity contribution is 5.57. The first-order valence-corrected chi connectivity index (χ1v) is 5.75. The number of rotatable bonds is 3. The first-order valence-electron chi connectivity index (χ1n) is 5.75. The molecule has 0 radical (unpaired) electrons. The SMILES string of the molecule is Cn1ncc([N+](=O)[O-])c1N1CCCC(CN)C1. The number of piperidine rings is 1. The summed E-state index contributed by atoms with van der Waals surface area (Å²) in [4.78, 5) is 12.6. The molecule has 1 aromatic heterocycles. The minimum absolute atomic E-state index is 0.0742. The minimum atomic E-state index is -0.381. The lowest BCUT2D eigenvalue weighted by atomic mass is 9.98. The van der Waals surface area contributed by atoms with Crippen LogP contribution in [-0.2, 0) is 7.05 Å². The van der Waals surface area contributed by atoms with Crippen LogP contribution in [0, 0.1) is 16.0 Å². The average molecular weight is 239 g/mol. The van der Waals surface area contributed by atoms with Gasteiger partial charge in [-0.3, -0.25) is 10.1 Å². The maximum absolute atomic E-state index is 10.9. The van der Waals surface area contributed by atoms with Gasteiger partial charge in [0.1, 0.15) is 6.20 Å². The summed E-state index contributed by atoms with van der Waals surface area (Å²) in [5, 5.41) is 14.9. The van der Waals surface area contributed by atoms with E-state index < -0.39 is 0 Å². The molecular weight excluding hydrogens is 222 g/mol. The van der Waals surface area contributed by atoms with Crippen LogP contribution in [0.15, 0.2) is 6.20 Å². The highest BCUT2D eigenvalue weighted by Crippen LogP contribution is 2.30. The molecule has 0 spiro atoms. The lowest BCUT2D eigenvalue weighted by molar-refractivity contribution is -0.384. The zero-order chi connectivity index (χ0) is 12.4. The Kier molecular flexibility index (Phi) is 3.28. The number of hydrogen-bond acceptors (Lipinski definition) is 5. The fourth-order valence-electron chi connectivity index (χ4n) is 2.36. The summed E-state index contributed by atoms with van der Waals surface area (Å²) in [7, 11) is 1.73. The van der Waals surface area contributed by atoms with Gasteiger partial charge in [-0.15, -0.1) is 0 Å². The molecule has 7 nitrogen and oxygen atoms in total. The fourth-order valence-corrected chi connectivity index (χ4v) is 2.36. The van der Waals surface area contributed by atoms with Crippen LogP contribution in [0.2, 0.25) is 0 Å². The van der Waals surface area contributed by atoms with Gasteiger partial charge in [-0.2, -0.15) is 5.10 Å². The van der Waals surface area contributed by atoms with Crippen LogP contribution in [0.25, 0.3) is 0 Å². The topological polar surface area (TPSA) is 90.2 Å². The summed E-state index contributed by atoms with van der Waals surface area (Å²) in [6.07, 6.45) is 3.42. The summed E-state index contributed by atoms with van der Waals surface area (Å²) in [6, 6.07) is 0. The molecule has 17 heavy (non-hydrogen) atoms. The monoisotopic (exact) mass is 239 g/mol. The summed E-state index contributed by atoms with van der Waals surface area (Å²) >= 11 is 0. The van der Waals surface area contributed by atoms with Crippen LogP contribution < -0.4 is 10.6 Å². The van der Waals surface area contributed by atoms with Gasteiger partial charge in [-0.25, -0.2) is 4.68 Å². The third kappa shape index (κ3) is 2.23. The maximum Gasteiger partial charge on any atom is 0.331 e. The van der Waals surface area contributed by atoms with Crippen molar-refractivity contribution in [1.82, 2.24) is 9.78 Å². The van der Waals surface area contributed by atoms with Crippen LogP contribution in [0.5, 0.6) is 0 Å². The first-order chi connectivity index (χ1) is 8.13. The van der Waals surface area contributed by atoms with Crippen molar-refractivity contribution < 1.29 is 4.92 Å². The summed E-state index contributed by atoms with van der Waals surface area (Å²) < 4.78 is 1.57. The molecule has 1 saturated heterocycles. The lowest BCUT2D eigenvalue weighted by Crippen LogP contribution is -2.39. The Balaban J connectivity index is 2.26. The van der Waals surface area contributed by atoms with Gasteiger partial charge in [-0.1, -0.05) is 0 Å². The predicted molar refractivity (Wildman–Crippen MR) is 63.9 cm³/mol. The van der Waals surface area contributed by atoms with Crippen LogP contribution >= 0.6 is 0 Å². The van der Waals surface area contributed by atoms with E-state index in [2.05, 4.69) is 5.10 Å². The highest BCUT2D eigenvalue weighted by atomic mass is 16.6. The van der Waals surface area contributed by atoms with Crippen molar-refractivity contribution in [2.45, 2.75) is 12.8 Å². The van der Waals surface area contributed by atoms with Crippen molar-refractivity contribution in [3.05, 3.63) is 16.3 Å². The number of aromatic nitrogens is 2. The Labute approximate surface area is 99.3 Å². The molecule has 0 saturated carbocycles. The van der Waals surface area contributed by atoms with E-state index in [9.17, 15) is 10.1 Å². The molecule has 1 aromatic rings. The van der Waals surface area contributed by atoms with E-state index in [1.165, 1.54) is 6.20 Å². The van der Waals surface area contributed by atoms with Crippen LogP contribution in [0.4, 0.5) is 11.5 Å². The smallest absolute Gasteiger partial charge is 0.331 e. The molecule has 0 aliphatic carbocycles. The zero-order valence-electron chi connectivity index (χ0n) is 9.87. The van der Waals surface area contributed by atoms with Gasteiger partial charge in [0.25, 0.3) is 0 Å². The fraction of sp³-hybridized carbons (Fsp3) is 0.700. The van der Waals surface area contributed by atoms with Crippen LogP contribution in [0.1, 0.15) is 12.8 Å². The zero-order valence-corrected chi connectivity index (χ0v) is 9.87. The number of anilines is 1. The molecule has 94 valence electrons. The van der Waals surface area contributed by atoms with Gasteiger partial charge in [-0.05, 0) is 25.3 Å². The van der Waals surface area contributed by atoms with Crippen molar-refractivity contribution in [2.75, 3.05) is 24.5 Å². The second-order valence-corrected chi connectivity index (χ2v) is 4.42. The van der Waals surface area contributed by atoms with Gasteiger partial charge in [0.2, 0.25) is 5.82 Å². The Morgan fingerprint density at radius 1 is 1.71 bits per heavy atom. The van der Waals surface area contributed by atoms with E-state index >= 15 is 0 Å². The van der Waals surface area contributed by atoms with Crippen molar-refractivity contribution in [3.63, 3.8) is 0 Å². The normalized spacial score (nSPS) is 20.6. The second kappa shape index (κ2) is 4.70. The number of hydrogen-bond donors (Lipinski definition) is 1. The maximum atomic E-state index is 10.9. The van der Waals surface area contributed by atoms with Crippen LogP contribution in [-0.4, -0.2) is 34.3 Å². The molecule has 0 amide bonds. The van der Waals surface area contributed by atoms with Crippen molar-refractivity contribution in [1.29, 1.82) is 0 Å². The Morgan fingerprint density at radius 3 is 3.12 bits per heavy atom. The quantitative estimate of drug-likeness (QED) is 0.613. The van der Waals surface area contributed by atoms with E-state index in [4.69, 9.17) is 5.73 Å². The Morgan fingerprint density at radius 2 is 2.47 bits per heavy atom. The molecule has 2 rings (SSSR count). The first kappa shape index (κ1) is 11.8. The molecule has 1 fully saturated rings. The van der Waals surface area contributed by atoms with E-state index in [0.717, 1.165) is 25.9 Å². The number of nitrogens with zero attached hydrogens (tertiary/aromatic N) is 4. The van der Waals surface area contributed by atoms with Gasteiger partial charge < -0.3 is 10.6 Å². The number of nitrogens with two attached hydrogens (primary N) is 1. The third-order valence-corrected chi connectivity index (χ3v) is 3.24. The van der Waals surface area contributed by atoms with E-state index in [-0.39, 0.29) is 10.6 Å².